The molecule has 2 aliphatic heterocycles. The molecule has 0 aromatic carbocycles. The summed E-state index contributed by atoms with van der Waals surface area (Å²) in [5.74, 6) is 1.93. The highest BCUT2D eigenvalue weighted by molar-refractivity contribution is 7.96. The molecule has 2 rings (SSSR count). The van der Waals surface area contributed by atoms with E-state index in [1.807, 2.05) is 11.9 Å². The summed E-state index contributed by atoms with van der Waals surface area (Å²) in [6, 6.07) is 0. The standard InChI is InChI=1S/C8H16N2S/c1-9-3-7-5-10(11-2)6-8(7)4-9/h7-8H,3-6H2,1-2H3. The predicted octanol–water partition coefficient (Wildman–Crippen LogP) is 0.758. The number of fused-ring (bicyclic) bond motifs is 1. The molecule has 2 fully saturated rings. The minimum absolute atomic E-state index is 0.965. The van der Waals surface area contributed by atoms with Gasteiger partial charge in [0.1, 0.15) is 0 Å². The van der Waals surface area contributed by atoms with Gasteiger partial charge in [0.15, 0.2) is 0 Å². The first-order valence-electron chi connectivity index (χ1n) is 4.27. The van der Waals surface area contributed by atoms with Crippen LogP contribution in [-0.4, -0.2) is 48.7 Å². The van der Waals surface area contributed by atoms with Gasteiger partial charge < -0.3 is 4.90 Å². The molecule has 0 aliphatic carbocycles. The van der Waals surface area contributed by atoms with Crippen LogP contribution in [0.5, 0.6) is 0 Å². The maximum absolute atomic E-state index is 2.50. The molecule has 0 N–H and O–H groups in total. The highest BCUT2D eigenvalue weighted by atomic mass is 32.2. The van der Waals surface area contributed by atoms with Crippen LogP contribution >= 0.6 is 11.9 Å². The summed E-state index contributed by atoms with van der Waals surface area (Å²) in [5, 5.41) is 0. The molecule has 3 heteroatoms. The second-order valence-corrected chi connectivity index (χ2v) is 4.65. The summed E-state index contributed by atoms with van der Waals surface area (Å²) in [7, 11) is 2.24. The summed E-state index contributed by atoms with van der Waals surface area (Å²) in [6.45, 7) is 5.27. The van der Waals surface area contributed by atoms with Gasteiger partial charge in [-0.25, -0.2) is 0 Å². The van der Waals surface area contributed by atoms with Gasteiger partial charge in [0, 0.05) is 26.2 Å². The molecule has 0 saturated carbocycles. The third-order valence-corrected chi connectivity index (χ3v) is 3.71. The zero-order valence-corrected chi connectivity index (χ0v) is 8.10. The van der Waals surface area contributed by atoms with E-state index in [0.717, 1.165) is 11.8 Å². The van der Waals surface area contributed by atoms with Crippen molar-refractivity contribution in [1.29, 1.82) is 0 Å². The Hall–Kier alpha value is 0.270. The Kier molecular flexibility index (Phi) is 2.12. The molecule has 0 aromatic heterocycles. The first-order valence-corrected chi connectivity index (χ1v) is 5.45. The van der Waals surface area contributed by atoms with Crippen LogP contribution in [0.3, 0.4) is 0 Å². The van der Waals surface area contributed by atoms with Crippen molar-refractivity contribution in [2.45, 2.75) is 0 Å². The molecule has 0 aromatic rings. The number of likely N-dealkylation sites (tertiary alicyclic amines) is 1. The minimum atomic E-state index is 0.965. The number of rotatable bonds is 1. The van der Waals surface area contributed by atoms with Crippen molar-refractivity contribution in [3.05, 3.63) is 0 Å². The van der Waals surface area contributed by atoms with Gasteiger partial charge in [-0.15, -0.1) is 0 Å². The average molecular weight is 172 g/mol. The van der Waals surface area contributed by atoms with Crippen molar-refractivity contribution in [2.24, 2.45) is 11.8 Å². The highest BCUT2D eigenvalue weighted by Gasteiger charge is 2.38. The van der Waals surface area contributed by atoms with Gasteiger partial charge in [0.25, 0.3) is 0 Å². The first-order chi connectivity index (χ1) is 5.29. The Morgan fingerprint density at radius 1 is 1.09 bits per heavy atom. The molecule has 2 aliphatic rings. The Balaban J connectivity index is 1.93. The first kappa shape index (κ1) is 7.90. The molecule has 2 heterocycles. The van der Waals surface area contributed by atoms with Gasteiger partial charge in [0.05, 0.1) is 0 Å². The Labute approximate surface area is 73.1 Å². The quantitative estimate of drug-likeness (QED) is 0.539. The van der Waals surface area contributed by atoms with Gasteiger partial charge in [-0.2, -0.15) is 0 Å². The van der Waals surface area contributed by atoms with E-state index in [0.29, 0.717) is 0 Å². The zero-order valence-electron chi connectivity index (χ0n) is 7.29. The Morgan fingerprint density at radius 2 is 1.64 bits per heavy atom. The highest BCUT2D eigenvalue weighted by Crippen LogP contribution is 2.32. The fraction of sp³-hybridized carbons (Fsp3) is 1.00. The number of hydrogen-bond acceptors (Lipinski definition) is 3. The Bertz CT molecular complexity index is 137. The van der Waals surface area contributed by atoms with E-state index in [2.05, 4.69) is 22.5 Å². The summed E-state index contributed by atoms with van der Waals surface area (Å²) >= 11 is 1.91. The van der Waals surface area contributed by atoms with Crippen molar-refractivity contribution in [1.82, 2.24) is 9.21 Å². The molecule has 2 atom stereocenters. The summed E-state index contributed by atoms with van der Waals surface area (Å²) in [5.41, 5.74) is 0. The fourth-order valence-electron chi connectivity index (χ4n) is 2.33. The molecule has 0 spiro atoms. The van der Waals surface area contributed by atoms with E-state index in [-0.39, 0.29) is 0 Å². The lowest BCUT2D eigenvalue weighted by Crippen LogP contribution is -2.22. The van der Waals surface area contributed by atoms with E-state index in [4.69, 9.17) is 0 Å². The third-order valence-electron chi connectivity index (χ3n) is 2.89. The predicted molar refractivity (Wildman–Crippen MR) is 49.6 cm³/mol. The van der Waals surface area contributed by atoms with Gasteiger partial charge >= 0.3 is 0 Å². The molecule has 0 bridgehead atoms. The molecule has 64 valence electrons. The Morgan fingerprint density at radius 3 is 2.09 bits per heavy atom. The maximum atomic E-state index is 2.50. The van der Waals surface area contributed by atoms with Crippen molar-refractivity contribution in [3.63, 3.8) is 0 Å². The van der Waals surface area contributed by atoms with Crippen LogP contribution in [0.25, 0.3) is 0 Å². The van der Waals surface area contributed by atoms with Crippen molar-refractivity contribution in [3.8, 4) is 0 Å². The van der Waals surface area contributed by atoms with E-state index in [9.17, 15) is 0 Å². The molecular formula is C8H16N2S. The fourth-order valence-corrected chi connectivity index (χ4v) is 3.01. The van der Waals surface area contributed by atoms with Gasteiger partial charge in [-0.1, -0.05) is 11.9 Å². The summed E-state index contributed by atoms with van der Waals surface area (Å²) < 4.78 is 2.50. The van der Waals surface area contributed by atoms with Crippen LogP contribution in [0.15, 0.2) is 0 Å². The maximum Gasteiger partial charge on any atom is 0.0134 e. The van der Waals surface area contributed by atoms with Gasteiger partial charge in [-0.05, 0) is 25.1 Å². The minimum Gasteiger partial charge on any atom is -0.306 e. The van der Waals surface area contributed by atoms with E-state index in [1.54, 1.807) is 0 Å². The molecule has 2 saturated heterocycles. The monoisotopic (exact) mass is 172 g/mol. The van der Waals surface area contributed by atoms with E-state index in [1.165, 1.54) is 26.2 Å². The average Bonchev–Trinajstić information content (AvgIpc) is 2.43. The normalized spacial score (nSPS) is 39.8. The summed E-state index contributed by atoms with van der Waals surface area (Å²) in [4.78, 5) is 2.47. The summed E-state index contributed by atoms with van der Waals surface area (Å²) in [6.07, 6.45) is 2.19. The molecular weight excluding hydrogens is 156 g/mol. The molecule has 2 nitrogen and oxygen atoms in total. The van der Waals surface area contributed by atoms with Crippen LogP contribution in [-0.2, 0) is 0 Å². The van der Waals surface area contributed by atoms with E-state index >= 15 is 0 Å². The lowest BCUT2D eigenvalue weighted by Gasteiger charge is -2.15. The molecule has 2 unspecified atom stereocenters. The molecule has 11 heavy (non-hydrogen) atoms. The second kappa shape index (κ2) is 2.96. The lowest BCUT2D eigenvalue weighted by molar-refractivity contribution is 0.360. The zero-order chi connectivity index (χ0) is 7.84. The topological polar surface area (TPSA) is 6.48 Å². The van der Waals surface area contributed by atoms with Crippen LogP contribution in [0.2, 0.25) is 0 Å². The second-order valence-electron chi connectivity index (χ2n) is 3.77. The number of hydrogen-bond donors (Lipinski definition) is 0. The SMILES string of the molecule is CSN1CC2CN(C)CC2C1. The van der Waals surface area contributed by atoms with Gasteiger partial charge in [0.2, 0.25) is 0 Å². The largest absolute Gasteiger partial charge is 0.306 e. The molecule has 0 radical (unpaired) electrons. The van der Waals surface area contributed by atoms with Crippen molar-refractivity contribution >= 4 is 11.9 Å². The van der Waals surface area contributed by atoms with Crippen molar-refractivity contribution < 1.29 is 0 Å². The number of nitrogens with zero attached hydrogens (tertiary/aromatic N) is 2. The van der Waals surface area contributed by atoms with Gasteiger partial charge in [-0.3, -0.25) is 4.31 Å². The third kappa shape index (κ3) is 1.42. The van der Waals surface area contributed by atoms with Crippen LogP contribution in [0.4, 0.5) is 0 Å². The van der Waals surface area contributed by atoms with Crippen LogP contribution in [0, 0.1) is 11.8 Å². The molecule has 0 amide bonds. The lowest BCUT2D eigenvalue weighted by atomic mass is 10.0. The smallest absolute Gasteiger partial charge is 0.0134 e. The van der Waals surface area contributed by atoms with Crippen LogP contribution < -0.4 is 0 Å². The van der Waals surface area contributed by atoms with E-state index < -0.39 is 0 Å². The van der Waals surface area contributed by atoms with Crippen LogP contribution in [0.1, 0.15) is 0 Å². The van der Waals surface area contributed by atoms with Crippen molar-refractivity contribution in [2.75, 3.05) is 39.5 Å².